The molecule has 0 bridgehead atoms. The van der Waals surface area contributed by atoms with Crippen LogP contribution in [0.15, 0.2) is 23.1 Å². The summed E-state index contributed by atoms with van der Waals surface area (Å²) in [5.41, 5.74) is -0.639. The minimum Gasteiger partial charge on any atom is -0.378 e. The summed E-state index contributed by atoms with van der Waals surface area (Å²) in [6, 6.07) is 1.54. The number of hydrogen-bond donors (Lipinski definition) is 0. The summed E-state index contributed by atoms with van der Waals surface area (Å²) in [7, 11) is -2.05. The van der Waals surface area contributed by atoms with Crippen molar-refractivity contribution in [1.82, 2.24) is 0 Å². The van der Waals surface area contributed by atoms with E-state index in [2.05, 4.69) is 0 Å². The molecule has 106 valence electrons. The van der Waals surface area contributed by atoms with Crippen LogP contribution < -0.4 is 4.90 Å². The number of hydrogen-bond acceptors (Lipinski definition) is 2. The van der Waals surface area contributed by atoms with Gasteiger partial charge >= 0.3 is 10.2 Å². The Labute approximate surface area is 108 Å². The Morgan fingerprint density at radius 2 is 1.68 bits per heavy atom. The van der Waals surface area contributed by atoms with Gasteiger partial charge in [0.05, 0.1) is 7.85 Å². The maximum absolute atomic E-state index is 12.8. The van der Waals surface area contributed by atoms with Crippen molar-refractivity contribution >= 4 is 29.5 Å². The van der Waals surface area contributed by atoms with Crippen LogP contribution in [0.4, 0.5) is 25.1 Å². The third-order valence-electron chi connectivity index (χ3n) is 2.36. The molecule has 0 aliphatic heterocycles. The smallest absolute Gasteiger partial charge is 0.310 e. The molecular formula is C10H11BF5NOS. The lowest BCUT2D eigenvalue weighted by molar-refractivity contribution is 0.101. The summed E-state index contributed by atoms with van der Waals surface area (Å²) >= 11 is 0. The maximum Gasteiger partial charge on any atom is 0.310 e. The lowest BCUT2D eigenvalue weighted by atomic mass is 9.95. The first kappa shape index (κ1) is 15.8. The first-order chi connectivity index (χ1) is 8.24. The average molecular weight is 299 g/mol. The Kier molecular flexibility index (Phi) is 3.23. The fourth-order valence-electron chi connectivity index (χ4n) is 1.34. The molecule has 0 N–H and O–H groups in total. The van der Waals surface area contributed by atoms with Crippen molar-refractivity contribution < 1.29 is 24.2 Å². The molecule has 2 radical (unpaired) electrons. The number of rotatable bonds is 4. The first-order valence-electron chi connectivity index (χ1n) is 5.04. The van der Waals surface area contributed by atoms with Crippen LogP contribution in [0.3, 0.4) is 0 Å². The fraction of sp³-hybridized carbons (Fsp3) is 0.300. The highest BCUT2D eigenvalue weighted by Crippen LogP contribution is 3.02. The molecule has 2 nitrogen and oxygen atoms in total. The van der Waals surface area contributed by atoms with Gasteiger partial charge in [0.15, 0.2) is 5.78 Å². The summed E-state index contributed by atoms with van der Waals surface area (Å²) in [6.45, 7) is 0. The third kappa shape index (κ3) is 3.86. The Hall–Kier alpha value is -1.25. The Morgan fingerprint density at radius 1 is 1.16 bits per heavy atom. The van der Waals surface area contributed by atoms with Gasteiger partial charge in [-0.3, -0.25) is 4.79 Å². The van der Waals surface area contributed by atoms with Crippen LogP contribution in [-0.2, 0) is 0 Å². The van der Waals surface area contributed by atoms with Gasteiger partial charge in [-0.05, 0) is 24.5 Å². The highest BCUT2D eigenvalue weighted by atomic mass is 32.5. The molecule has 1 aromatic carbocycles. The van der Waals surface area contributed by atoms with Crippen molar-refractivity contribution in [2.45, 2.75) is 11.2 Å². The molecular weight excluding hydrogens is 288 g/mol. The van der Waals surface area contributed by atoms with Gasteiger partial charge < -0.3 is 4.90 Å². The zero-order valence-electron chi connectivity index (χ0n) is 10.2. The van der Waals surface area contributed by atoms with E-state index in [1.165, 1.54) is 19.0 Å². The SMILES string of the molecule is [B]CC(=O)c1cc(N(C)C)cc(S(F)(F)(F)(F)F)c1. The number of ketones is 1. The molecule has 0 aromatic heterocycles. The molecule has 0 aliphatic rings. The van der Waals surface area contributed by atoms with Gasteiger partial charge in [0.25, 0.3) is 0 Å². The van der Waals surface area contributed by atoms with Crippen molar-refractivity contribution in [3.8, 4) is 0 Å². The molecule has 0 saturated heterocycles. The second-order valence-corrected chi connectivity index (χ2v) is 6.62. The highest BCUT2D eigenvalue weighted by Gasteiger charge is 2.65. The second-order valence-electron chi connectivity index (χ2n) is 4.21. The molecule has 0 atom stereocenters. The van der Waals surface area contributed by atoms with E-state index < -0.39 is 32.8 Å². The van der Waals surface area contributed by atoms with E-state index in [-0.39, 0.29) is 11.8 Å². The van der Waals surface area contributed by atoms with Crippen molar-refractivity contribution in [1.29, 1.82) is 0 Å². The van der Waals surface area contributed by atoms with E-state index >= 15 is 0 Å². The summed E-state index contributed by atoms with van der Waals surface area (Å²) in [4.78, 5) is 10.4. The normalized spacial score (nSPS) is 15.5. The van der Waals surface area contributed by atoms with Crippen molar-refractivity contribution in [2.24, 2.45) is 0 Å². The summed E-state index contributed by atoms with van der Waals surface area (Å²) < 4.78 is 63.9. The first-order valence-corrected chi connectivity index (χ1v) is 6.99. The predicted molar refractivity (Wildman–Crippen MR) is 67.1 cm³/mol. The van der Waals surface area contributed by atoms with Crippen LogP contribution >= 0.6 is 10.2 Å². The van der Waals surface area contributed by atoms with E-state index in [1.54, 1.807) is 0 Å². The minimum atomic E-state index is -9.83. The molecule has 1 aromatic rings. The number of nitrogens with zero attached hydrogens (tertiary/aromatic N) is 1. The average Bonchev–Trinajstić information content (AvgIpc) is 2.24. The van der Waals surface area contributed by atoms with E-state index in [0.717, 1.165) is 6.07 Å². The van der Waals surface area contributed by atoms with Gasteiger partial charge in [-0.15, -0.1) is 0 Å². The molecule has 0 spiro atoms. The van der Waals surface area contributed by atoms with Crippen LogP contribution in [0, 0.1) is 0 Å². The molecule has 0 saturated carbocycles. The zero-order valence-corrected chi connectivity index (χ0v) is 11.0. The highest BCUT2D eigenvalue weighted by molar-refractivity contribution is 8.45. The van der Waals surface area contributed by atoms with Gasteiger partial charge in [0, 0.05) is 25.3 Å². The van der Waals surface area contributed by atoms with Gasteiger partial charge in [-0.25, -0.2) is 0 Å². The summed E-state index contributed by atoms with van der Waals surface area (Å²) in [5, 5.41) is 0. The van der Waals surface area contributed by atoms with Crippen LogP contribution in [0.5, 0.6) is 0 Å². The Balaban J connectivity index is 3.60. The summed E-state index contributed by atoms with van der Waals surface area (Å²) in [5.74, 6) is -0.841. The number of Topliss-reactive ketones (excluding diaryl/α,β-unsaturated/α-hetero) is 1. The predicted octanol–water partition coefficient (Wildman–Crippen LogP) is 4.18. The van der Waals surface area contributed by atoms with Crippen LogP contribution in [-0.4, -0.2) is 27.7 Å². The van der Waals surface area contributed by atoms with Crippen LogP contribution in [0.1, 0.15) is 10.4 Å². The number of benzene rings is 1. The summed E-state index contributed by atoms with van der Waals surface area (Å²) in [6.07, 6.45) is -0.559. The topological polar surface area (TPSA) is 20.3 Å². The van der Waals surface area contributed by atoms with E-state index in [4.69, 9.17) is 7.85 Å². The van der Waals surface area contributed by atoms with Gasteiger partial charge in [0.2, 0.25) is 0 Å². The van der Waals surface area contributed by atoms with Crippen molar-refractivity contribution in [3.63, 3.8) is 0 Å². The molecule has 0 amide bonds. The lowest BCUT2D eigenvalue weighted by Crippen LogP contribution is -2.13. The zero-order chi connectivity index (χ0) is 15.1. The van der Waals surface area contributed by atoms with Crippen LogP contribution in [0.2, 0.25) is 6.32 Å². The molecule has 9 heteroatoms. The number of anilines is 1. The van der Waals surface area contributed by atoms with Gasteiger partial charge in [0.1, 0.15) is 4.90 Å². The molecule has 0 aliphatic carbocycles. The lowest BCUT2D eigenvalue weighted by Gasteiger charge is -2.41. The maximum atomic E-state index is 12.8. The molecule has 0 fully saturated rings. The quantitative estimate of drug-likeness (QED) is 0.472. The third-order valence-corrected chi connectivity index (χ3v) is 3.49. The van der Waals surface area contributed by atoms with E-state index in [0.29, 0.717) is 6.07 Å². The number of carbonyl (C=O) groups is 1. The van der Waals surface area contributed by atoms with Gasteiger partial charge in [-0.1, -0.05) is 19.4 Å². The monoisotopic (exact) mass is 299 g/mol. The number of carbonyl (C=O) groups excluding carboxylic acids is 1. The van der Waals surface area contributed by atoms with E-state index in [1.807, 2.05) is 0 Å². The standard InChI is InChI=1S/C10H11BF5NOS/c1-17(2)8-3-7(10(18)6-11)4-9(5-8)19(12,13,14,15)16/h3-5H,6H2,1-2H3. The molecule has 0 unspecified atom stereocenters. The van der Waals surface area contributed by atoms with Crippen molar-refractivity contribution in [2.75, 3.05) is 19.0 Å². The Bertz CT molecular complexity index is 528. The van der Waals surface area contributed by atoms with E-state index in [9.17, 15) is 24.2 Å². The van der Waals surface area contributed by atoms with Crippen LogP contribution in [0.25, 0.3) is 0 Å². The molecule has 0 heterocycles. The molecule has 1 rings (SSSR count). The van der Waals surface area contributed by atoms with Crippen molar-refractivity contribution in [3.05, 3.63) is 23.8 Å². The number of halogens is 5. The molecule has 19 heavy (non-hydrogen) atoms. The second kappa shape index (κ2) is 3.88. The minimum absolute atomic E-state index is 0.143. The largest absolute Gasteiger partial charge is 0.378 e. The fourth-order valence-corrected chi connectivity index (χ4v) is 2.04. The Morgan fingerprint density at radius 3 is 2.05 bits per heavy atom. The van der Waals surface area contributed by atoms with Gasteiger partial charge in [-0.2, -0.15) is 0 Å².